The summed E-state index contributed by atoms with van der Waals surface area (Å²) in [5.41, 5.74) is 5.08. The number of hydrogen-bond acceptors (Lipinski definition) is 6. The van der Waals surface area contributed by atoms with Crippen LogP contribution < -0.4 is 10.9 Å². The quantitative estimate of drug-likeness (QED) is 0.582. The Morgan fingerprint density at radius 1 is 1.33 bits per heavy atom. The SMILES string of the molecule is N#CC(C#N)=CNNc1ccc(Cl)nn1. The third-order valence-corrected chi connectivity index (χ3v) is 1.49. The molecule has 1 aromatic rings. The fourth-order valence-corrected chi connectivity index (χ4v) is 0.755. The van der Waals surface area contributed by atoms with Gasteiger partial charge in [-0.2, -0.15) is 10.5 Å². The van der Waals surface area contributed by atoms with Gasteiger partial charge in [0.1, 0.15) is 17.7 Å². The summed E-state index contributed by atoms with van der Waals surface area (Å²) in [5, 5.41) is 24.4. The number of nitrogens with one attached hydrogen (secondary N) is 2. The van der Waals surface area contributed by atoms with Crippen molar-refractivity contribution in [1.82, 2.24) is 15.6 Å². The Bertz CT molecular complexity index is 422. The molecule has 1 rings (SSSR count). The van der Waals surface area contributed by atoms with Gasteiger partial charge in [-0.05, 0) is 12.1 Å². The van der Waals surface area contributed by atoms with Gasteiger partial charge < -0.3 is 5.43 Å². The number of nitrogens with zero attached hydrogens (tertiary/aromatic N) is 4. The van der Waals surface area contributed by atoms with Crippen molar-refractivity contribution in [3.05, 3.63) is 29.1 Å². The number of anilines is 1. The fourth-order valence-electron chi connectivity index (χ4n) is 0.654. The molecule has 0 aliphatic carbocycles. The molecule has 0 aliphatic heterocycles. The standard InChI is InChI=1S/C8H5ClN6/c9-7-1-2-8(15-13-7)14-12-5-6(3-10)4-11/h1-2,5,12H,(H,14,15). The first-order valence-corrected chi connectivity index (χ1v) is 4.15. The van der Waals surface area contributed by atoms with E-state index in [2.05, 4.69) is 21.0 Å². The van der Waals surface area contributed by atoms with Crippen LogP contribution in [0.4, 0.5) is 5.82 Å². The molecule has 0 fully saturated rings. The molecule has 7 heteroatoms. The van der Waals surface area contributed by atoms with E-state index in [4.69, 9.17) is 22.1 Å². The van der Waals surface area contributed by atoms with Gasteiger partial charge in [-0.25, -0.2) is 0 Å². The van der Waals surface area contributed by atoms with Gasteiger partial charge in [0.2, 0.25) is 0 Å². The second kappa shape index (κ2) is 5.43. The molecule has 6 nitrogen and oxygen atoms in total. The lowest BCUT2D eigenvalue weighted by molar-refractivity contribution is 0.964. The van der Waals surface area contributed by atoms with Crippen molar-refractivity contribution in [1.29, 1.82) is 10.5 Å². The first-order chi connectivity index (χ1) is 7.26. The van der Waals surface area contributed by atoms with Gasteiger partial charge in [-0.15, -0.1) is 10.2 Å². The van der Waals surface area contributed by atoms with Gasteiger partial charge in [0.15, 0.2) is 11.0 Å². The average Bonchev–Trinajstić information content (AvgIpc) is 2.27. The first-order valence-electron chi connectivity index (χ1n) is 3.77. The van der Waals surface area contributed by atoms with Gasteiger partial charge in [0, 0.05) is 6.20 Å². The van der Waals surface area contributed by atoms with Crippen LogP contribution in [-0.4, -0.2) is 10.2 Å². The highest BCUT2D eigenvalue weighted by Gasteiger charge is 1.93. The normalized spacial score (nSPS) is 8.20. The fraction of sp³-hybridized carbons (Fsp3) is 0. The number of hydrazine groups is 1. The molecule has 1 heterocycles. The Morgan fingerprint density at radius 2 is 2.07 bits per heavy atom. The molecule has 0 aromatic carbocycles. The van der Waals surface area contributed by atoms with E-state index in [0.29, 0.717) is 5.82 Å². The monoisotopic (exact) mass is 220 g/mol. The van der Waals surface area contributed by atoms with Gasteiger partial charge in [-0.3, -0.25) is 5.43 Å². The molecule has 0 unspecified atom stereocenters. The van der Waals surface area contributed by atoms with E-state index >= 15 is 0 Å². The molecule has 0 atom stereocenters. The van der Waals surface area contributed by atoms with Crippen LogP contribution in [0.1, 0.15) is 0 Å². The Balaban J connectivity index is 2.53. The predicted octanol–water partition coefficient (Wildman–Crippen LogP) is 0.978. The number of aromatic nitrogens is 2. The van der Waals surface area contributed by atoms with Crippen LogP contribution in [0.25, 0.3) is 0 Å². The van der Waals surface area contributed by atoms with Crippen LogP contribution in [0.3, 0.4) is 0 Å². The van der Waals surface area contributed by atoms with Crippen LogP contribution in [-0.2, 0) is 0 Å². The highest BCUT2D eigenvalue weighted by molar-refractivity contribution is 6.29. The van der Waals surface area contributed by atoms with E-state index in [1.54, 1.807) is 24.3 Å². The zero-order valence-corrected chi connectivity index (χ0v) is 8.15. The average molecular weight is 221 g/mol. The minimum Gasteiger partial charge on any atom is -0.305 e. The second-order valence-corrected chi connectivity index (χ2v) is 2.68. The van der Waals surface area contributed by atoms with Crippen LogP contribution in [0, 0.1) is 22.7 Å². The molecular weight excluding hydrogens is 216 g/mol. The lowest BCUT2D eigenvalue weighted by Crippen LogP contribution is -2.16. The van der Waals surface area contributed by atoms with Gasteiger partial charge >= 0.3 is 0 Å². The third-order valence-electron chi connectivity index (χ3n) is 1.29. The van der Waals surface area contributed by atoms with E-state index in [-0.39, 0.29) is 10.7 Å². The van der Waals surface area contributed by atoms with Gasteiger partial charge in [0.05, 0.1) is 0 Å². The summed E-state index contributed by atoms with van der Waals surface area (Å²) in [7, 11) is 0. The predicted molar refractivity (Wildman–Crippen MR) is 53.1 cm³/mol. The minimum absolute atomic E-state index is 0.0515. The van der Waals surface area contributed by atoms with Crippen LogP contribution in [0.15, 0.2) is 23.9 Å². The number of halogens is 1. The topological polar surface area (TPSA) is 97.4 Å². The Labute approximate surface area is 90.8 Å². The number of allylic oxidation sites excluding steroid dienone is 1. The summed E-state index contributed by atoms with van der Waals surface area (Å²) in [6.07, 6.45) is 1.22. The van der Waals surface area contributed by atoms with E-state index in [0.717, 1.165) is 0 Å². The lowest BCUT2D eigenvalue weighted by Gasteiger charge is -2.02. The Morgan fingerprint density at radius 3 is 2.60 bits per heavy atom. The molecule has 0 saturated carbocycles. The van der Waals surface area contributed by atoms with Crippen molar-refractivity contribution in [3.8, 4) is 12.1 Å². The summed E-state index contributed by atoms with van der Waals surface area (Å²) in [5.74, 6) is 0.422. The van der Waals surface area contributed by atoms with Crippen molar-refractivity contribution in [2.75, 3.05) is 5.43 Å². The van der Waals surface area contributed by atoms with Crippen LogP contribution >= 0.6 is 11.6 Å². The highest BCUT2D eigenvalue weighted by Crippen LogP contribution is 2.04. The summed E-state index contributed by atoms with van der Waals surface area (Å²) in [6, 6.07) is 6.52. The number of rotatable bonds is 3. The summed E-state index contributed by atoms with van der Waals surface area (Å²) < 4.78 is 0. The van der Waals surface area contributed by atoms with Crippen molar-refractivity contribution >= 4 is 17.4 Å². The molecule has 74 valence electrons. The van der Waals surface area contributed by atoms with Crippen molar-refractivity contribution < 1.29 is 0 Å². The first kappa shape index (κ1) is 10.8. The van der Waals surface area contributed by atoms with E-state index in [1.807, 2.05) is 0 Å². The third kappa shape index (κ3) is 3.51. The van der Waals surface area contributed by atoms with Gasteiger partial charge in [-0.1, -0.05) is 11.6 Å². The molecular formula is C8H5ClN6. The molecule has 0 spiro atoms. The van der Waals surface area contributed by atoms with Crippen molar-refractivity contribution in [3.63, 3.8) is 0 Å². The van der Waals surface area contributed by atoms with E-state index < -0.39 is 0 Å². The molecule has 0 aliphatic rings. The second-order valence-electron chi connectivity index (χ2n) is 2.29. The minimum atomic E-state index is -0.0515. The maximum atomic E-state index is 8.41. The number of nitriles is 2. The molecule has 2 N–H and O–H groups in total. The zero-order valence-electron chi connectivity index (χ0n) is 7.40. The largest absolute Gasteiger partial charge is 0.305 e. The molecule has 0 amide bonds. The Kier molecular flexibility index (Phi) is 3.90. The smallest absolute Gasteiger partial charge is 0.167 e. The summed E-state index contributed by atoms with van der Waals surface area (Å²) in [6.45, 7) is 0. The molecule has 15 heavy (non-hydrogen) atoms. The lowest BCUT2D eigenvalue weighted by atomic mass is 10.4. The molecule has 0 bridgehead atoms. The summed E-state index contributed by atoms with van der Waals surface area (Å²) >= 11 is 5.52. The van der Waals surface area contributed by atoms with Crippen molar-refractivity contribution in [2.45, 2.75) is 0 Å². The molecule has 0 saturated heterocycles. The van der Waals surface area contributed by atoms with E-state index in [1.165, 1.54) is 6.20 Å². The zero-order chi connectivity index (χ0) is 11.1. The maximum absolute atomic E-state index is 8.41. The van der Waals surface area contributed by atoms with Crippen LogP contribution in [0.5, 0.6) is 0 Å². The molecule has 0 radical (unpaired) electrons. The number of hydrogen-bond donors (Lipinski definition) is 2. The highest BCUT2D eigenvalue weighted by atomic mass is 35.5. The maximum Gasteiger partial charge on any atom is 0.167 e. The molecule has 1 aromatic heterocycles. The van der Waals surface area contributed by atoms with Crippen LogP contribution in [0.2, 0.25) is 5.15 Å². The summed E-state index contributed by atoms with van der Waals surface area (Å²) in [4.78, 5) is 0. The van der Waals surface area contributed by atoms with Crippen molar-refractivity contribution in [2.24, 2.45) is 0 Å². The Hall–Kier alpha value is -2.31. The van der Waals surface area contributed by atoms with Gasteiger partial charge in [0.25, 0.3) is 0 Å². The van der Waals surface area contributed by atoms with E-state index in [9.17, 15) is 0 Å².